The van der Waals surface area contributed by atoms with E-state index in [1.54, 1.807) is 12.5 Å². The number of carbonyl (C=O) groups is 2. The van der Waals surface area contributed by atoms with Gasteiger partial charge in [-0.15, -0.1) is 0 Å². The fourth-order valence-electron chi connectivity index (χ4n) is 12.5. The van der Waals surface area contributed by atoms with Gasteiger partial charge in [-0.2, -0.15) is 0 Å². The van der Waals surface area contributed by atoms with Crippen molar-refractivity contribution in [2.75, 3.05) is 39.8 Å². The standard InChI is InChI=1S/C37H61N3O2/c1-26(41)40-20-10-14-34(6)29(33(40,4)5)13-15-36(8)30(34)12-11-27-28-25-32(2,3)16-18-37(28,19-17-35(27,36)7)31(42)39-23-21-38(9)22-24-39/h11,28-30H,10,12-25H2,1-9H3/t28-,29-,30+,34-,35+,36+,37-/m0/s1. The zero-order chi connectivity index (χ0) is 30.5. The molecule has 0 spiro atoms. The lowest BCUT2D eigenvalue weighted by Crippen LogP contribution is -2.66. The summed E-state index contributed by atoms with van der Waals surface area (Å²) in [6, 6.07) is 0. The van der Waals surface area contributed by atoms with Crippen molar-refractivity contribution in [1.82, 2.24) is 14.7 Å². The number of piperazine rings is 1. The van der Waals surface area contributed by atoms with Crippen molar-refractivity contribution in [2.45, 2.75) is 125 Å². The van der Waals surface area contributed by atoms with Crippen molar-refractivity contribution in [2.24, 2.45) is 44.8 Å². The molecule has 42 heavy (non-hydrogen) atoms. The Morgan fingerprint density at radius 3 is 2.14 bits per heavy atom. The summed E-state index contributed by atoms with van der Waals surface area (Å²) in [5.41, 5.74) is 2.17. The van der Waals surface area contributed by atoms with Gasteiger partial charge in [0.25, 0.3) is 0 Å². The van der Waals surface area contributed by atoms with Crippen LogP contribution in [0.2, 0.25) is 0 Å². The molecular weight excluding hydrogens is 518 g/mol. The van der Waals surface area contributed by atoms with Crippen LogP contribution in [0, 0.1) is 44.8 Å². The van der Waals surface area contributed by atoms with Crippen LogP contribution in [0.15, 0.2) is 11.6 Å². The fraction of sp³-hybridized carbons (Fsp3) is 0.892. The maximum absolute atomic E-state index is 14.7. The van der Waals surface area contributed by atoms with E-state index in [2.05, 4.69) is 76.3 Å². The molecule has 0 aromatic carbocycles. The molecular formula is C37H61N3O2. The first kappa shape index (κ1) is 30.7. The number of likely N-dealkylation sites (tertiary alicyclic amines) is 1. The molecule has 0 N–H and O–H groups in total. The maximum Gasteiger partial charge on any atom is 0.229 e. The Morgan fingerprint density at radius 2 is 1.48 bits per heavy atom. The third-order valence-corrected chi connectivity index (χ3v) is 15.1. The van der Waals surface area contributed by atoms with E-state index >= 15 is 0 Å². The minimum Gasteiger partial charge on any atom is -0.340 e. The van der Waals surface area contributed by atoms with Gasteiger partial charge in [-0.1, -0.05) is 46.3 Å². The predicted molar refractivity (Wildman–Crippen MR) is 171 cm³/mol. The van der Waals surface area contributed by atoms with E-state index in [0.29, 0.717) is 23.7 Å². The summed E-state index contributed by atoms with van der Waals surface area (Å²) in [5, 5.41) is 0. The molecule has 7 atom stereocenters. The van der Waals surface area contributed by atoms with Crippen molar-refractivity contribution in [3.05, 3.63) is 11.6 Å². The van der Waals surface area contributed by atoms with Crippen LogP contribution in [0.3, 0.4) is 0 Å². The second-order valence-electron chi connectivity index (χ2n) is 17.9. The van der Waals surface area contributed by atoms with E-state index in [1.807, 2.05) is 0 Å². The minimum atomic E-state index is -0.215. The van der Waals surface area contributed by atoms with Crippen molar-refractivity contribution in [3.8, 4) is 0 Å². The molecule has 5 heteroatoms. The summed E-state index contributed by atoms with van der Waals surface area (Å²) in [7, 11) is 2.18. The highest BCUT2D eigenvalue weighted by Crippen LogP contribution is 2.75. The van der Waals surface area contributed by atoms with E-state index < -0.39 is 0 Å². The Balaban J connectivity index is 1.40. The lowest BCUT2D eigenvalue weighted by molar-refractivity contribution is -0.177. The largest absolute Gasteiger partial charge is 0.340 e. The lowest BCUT2D eigenvalue weighted by atomic mass is 9.35. The average Bonchev–Trinajstić information content (AvgIpc) is 3.01. The van der Waals surface area contributed by atoms with E-state index in [9.17, 15) is 9.59 Å². The number of likely N-dealkylation sites (N-methyl/N-ethyl adjacent to an activating group) is 1. The molecule has 5 fully saturated rings. The fourth-order valence-corrected chi connectivity index (χ4v) is 12.5. The zero-order valence-electron chi connectivity index (χ0n) is 28.6. The number of carbonyl (C=O) groups excluding carboxylic acids is 2. The van der Waals surface area contributed by atoms with Gasteiger partial charge in [-0.05, 0) is 125 Å². The van der Waals surface area contributed by atoms with Crippen LogP contribution in [0.4, 0.5) is 0 Å². The van der Waals surface area contributed by atoms with Crippen LogP contribution in [0.25, 0.3) is 0 Å². The van der Waals surface area contributed by atoms with Gasteiger partial charge in [-0.25, -0.2) is 0 Å². The molecule has 2 amide bonds. The lowest BCUT2D eigenvalue weighted by Gasteiger charge is -2.70. The summed E-state index contributed by atoms with van der Waals surface area (Å²) in [6.45, 7) is 24.0. The van der Waals surface area contributed by atoms with E-state index in [0.717, 1.165) is 77.7 Å². The Kier molecular flexibility index (Phi) is 7.17. The summed E-state index contributed by atoms with van der Waals surface area (Å²) in [4.78, 5) is 34.3. The smallest absolute Gasteiger partial charge is 0.229 e. The first-order chi connectivity index (χ1) is 19.5. The van der Waals surface area contributed by atoms with Crippen LogP contribution in [-0.2, 0) is 9.59 Å². The van der Waals surface area contributed by atoms with Crippen molar-refractivity contribution < 1.29 is 9.59 Å². The first-order valence-electron chi connectivity index (χ1n) is 17.5. The molecule has 3 saturated carbocycles. The van der Waals surface area contributed by atoms with Gasteiger partial charge in [0.15, 0.2) is 0 Å². The minimum absolute atomic E-state index is 0.118. The second kappa shape index (κ2) is 9.82. The SMILES string of the molecule is CC(=O)N1CCC[C@]2(C)[C@H]3CC=C4[C@@H]5CC(C)(C)CC[C@]5(C(=O)N5CCN(C)CC5)CC[C@@]4(C)[C@]3(C)CC[C@H]2C1(C)C. The van der Waals surface area contributed by atoms with Crippen LogP contribution in [-0.4, -0.2) is 71.8 Å². The first-order valence-corrected chi connectivity index (χ1v) is 17.5. The van der Waals surface area contributed by atoms with Gasteiger partial charge in [0.2, 0.25) is 11.8 Å². The molecule has 0 bridgehead atoms. The number of hydrogen-bond donors (Lipinski definition) is 0. The van der Waals surface area contributed by atoms with Crippen molar-refractivity contribution in [1.29, 1.82) is 0 Å². The maximum atomic E-state index is 14.7. The Bertz CT molecular complexity index is 1150. The van der Waals surface area contributed by atoms with Crippen molar-refractivity contribution >= 4 is 11.8 Å². The summed E-state index contributed by atoms with van der Waals surface area (Å²) >= 11 is 0. The highest BCUT2D eigenvalue weighted by Gasteiger charge is 2.69. The van der Waals surface area contributed by atoms with Gasteiger partial charge in [0.1, 0.15) is 0 Å². The number of amides is 2. The average molecular weight is 580 g/mol. The monoisotopic (exact) mass is 579 g/mol. The molecule has 0 radical (unpaired) electrons. The van der Waals surface area contributed by atoms with Crippen molar-refractivity contribution in [3.63, 3.8) is 0 Å². The summed E-state index contributed by atoms with van der Waals surface area (Å²) in [6.07, 6.45) is 14.2. The molecule has 2 aliphatic heterocycles. The normalized spacial score (nSPS) is 45.0. The number of allylic oxidation sites excluding steroid dienone is 2. The number of rotatable bonds is 1. The molecule has 236 valence electrons. The van der Waals surface area contributed by atoms with Crippen LogP contribution in [0.5, 0.6) is 0 Å². The molecule has 6 aliphatic rings. The van der Waals surface area contributed by atoms with E-state index in [-0.39, 0.29) is 38.5 Å². The molecule has 6 rings (SSSR count). The van der Waals surface area contributed by atoms with Crippen LogP contribution < -0.4 is 0 Å². The van der Waals surface area contributed by atoms with Gasteiger partial charge >= 0.3 is 0 Å². The molecule has 2 saturated heterocycles. The number of nitrogens with zero attached hydrogens (tertiary/aromatic N) is 3. The topological polar surface area (TPSA) is 43.9 Å². The van der Waals surface area contributed by atoms with Gasteiger partial charge in [0.05, 0.1) is 5.41 Å². The Hall–Kier alpha value is -1.36. The quantitative estimate of drug-likeness (QED) is 0.310. The predicted octanol–water partition coefficient (Wildman–Crippen LogP) is 7.16. The third kappa shape index (κ3) is 4.17. The van der Waals surface area contributed by atoms with E-state index in [1.165, 1.54) is 19.3 Å². The summed E-state index contributed by atoms with van der Waals surface area (Å²) < 4.78 is 0. The van der Waals surface area contributed by atoms with Gasteiger partial charge < -0.3 is 14.7 Å². The highest BCUT2D eigenvalue weighted by molar-refractivity contribution is 5.84. The van der Waals surface area contributed by atoms with E-state index in [4.69, 9.17) is 0 Å². The number of fused-ring (bicyclic) bond motifs is 7. The highest BCUT2D eigenvalue weighted by atomic mass is 16.2. The summed E-state index contributed by atoms with van der Waals surface area (Å²) in [5.74, 6) is 2.22. The van der Waals surface area contributed by atoms with Gasteiger partial charge in [0, 0.05) is 45.2 Å². The zero-order valence-corrected chi connectivity index (χ0v) is 28.6. The third-order valence-electron chi connectivity index (χ3n) is 15.1. The molecule has 0 unspecified atom stereocenters. The van der Waals surface area contributed by atoms with Crippen LogP contribution in [0.1, 0.15) is 120 Å². The molecule has 4 aliphatic carbocycles. The Morgan fingerprint density at radius 1 is 0.810 bits per heavy atom. The van der Waals surface area contributed by atoms with Gasteiger partial charge in [-0.3, -0.25) is 9.59 Å². The second-order valence-corrected chi connectivity index (χ2v) is 17.9. The molecule has 5 nitrogen and oxygen atoms in total. The Labute approximate surface area is 257 Å². The number of hydrogen-bond acceptors (Lipinski definition) is 3. The molecule has 2 heterocycles. The van der Waals surface area contributed by atoms with Crippen LogP contribution >= 0.6 is 0 Å². The molecule has 0 aromatic heterocycles. The molecule has 0 aromatic rings.